The van der Waals surface area contributed by atoms with Crippen molar-refractivity contribution in [2.45, 2.75) is 18.9 Å². The summed E-state index contributed by atoms with van der Waals surface area (Å²) in [6.45, 7) is 0.385. The average molecular weight is 254 g/mol. The van der Waals surface area contributed by atoms with Crippen LogP contribution >= 0.6 is 11.6 Å². The van der Waals surface area contributed by atoms with Crippen molar-refractivity contribution in [1.82, 2.24) is 4.90 Å². The number of carbonyl (C=O) groups is 1. The minimum Gasteiger partial charge on any atom is -0.399 e. The number of benzene rings is 1. The van der Waals surface area contributed by atoms with Gasteiger partial charge in [0.2, 0.25) is 5.91 Å². The third kappa shape index (κ3) is 3.35. The Labute approximate surface area is 106 Å². The lowest BCUT2D eigenvalue weighted by molar-refractivity contribution is -0.117. The maximum absolute atomic E-state index is 11.8. The lowest BCUT2D eigenvalue weighted by atomic mass is 10.3. The van der Waals surface area contributed by atoms with Crippen molar-refractivity contribution in [2.24, 2.45) is 0 Å². The van der Waals surface area contributed by atoms with Gasteiger partial charge in [0.05, 0.1) is 17.3 Å². The molecule has 3 N–H and O–H groups in total. The molecule has 1 fully saturated rings. The maximum Gasteiger partial charge on any atom is 0.238 e. The topological polar surface area (TPSA) is 58.4 Å². The zero-order valence-electron chi connectivity index (χ0n) is 9.74. The van der Waals surface area contributed by atoms with Gasteiger partial charge < -0.3 is 11.1 Å². The predicted molar refractivity (Wildman–Crippen MR) is 70.1 cm³/mol. The highest BCUT2D eigenvalue weighted by atomic mass is 35.5. The van der Waals surface area contributed by atoms with Gasteiger partial charge in [-0.15, -0.1) is 0 Å². The zero-order valence-corrected chi connectivity index (χ0v) is 10.5. The molecule has 0 aliphatic heterocycles. The average Bonchev–Trinajstić information content (AvgIpc) is 3.06. The van der Waals surface area contributed by atoms with E-state index >= 15 is 0 Å². The van der Waals surface area contributed by atoms with Crippen LogP contribution in [0.1, 0.15) is 12.8 Å². The van der Waals surface area contributed by atoms with Crippen LogP contribution in [0.2, 0.25) is 5.02 Å². The third-order valence-electron chi connectivity index (χ3n) is 2.83. The van der Waals surface area contributed by atoms with Crippen molar-refractivity contribution in [3.8, 4) is 0 Å². The number of likely N-dealkylation sites (N-methyl/N-ethyl adjacent to an activating group) is 1. The van der Waals surface area contributed by atoms with Gasteiger partial charge in [0.15, 0.2) is 0 Å². The van der Waals surface area contributed by atoms with Crippen LogP contribution in [0.4, 0.5) is 11.4 Å². The van der Waals surface area contributed by atoms with Gasteiger partial charge >= 0.3 is 0 Å². The number of amides is 1. The second-order valence-corrected chi connectivity index (χ2v) is 4.84. The summed E-state index contributed by atoms with van der Waals surface area (Å²) in [5.41, 5.74) is 6.80. The molecule has 17 heavy (non-hydrogen) atoms. The summed E-state index contributed by atoms with van der Waals surface area (Å²) in [5, 5.41) is 3.27. The van der Waals surface area contributed by atoms with Gasteiger partial charge in [-0.2, -0.15) is 0 Å². The number of anilines is 2. The fraction of sp³-hybridized carbons (Fsp3) is 0.417. The SMILES string of the molecule is CN(CC(=O)Nc1cc(N)ccc1Cl)C1CC1. The van der Waals surface area contributed by atoms with Gasteiger partial charge in [-0.05, 0) is 38.1 Å². The van der Waals surface area contributed by atoms with E-state index in [0.717, 1.165) is 0 Å². The van der Waals surface area contributed by atoms with E-state index in [1.807, 2.05) is 7.05 Å². The summed E-state index contributed by atoms with van der Waals surface area (Å²) >= 11 is 5.97. The van der Waals surface area contributed by atoms with E-state index in [4.69, 9.17) is 17.3 Å². The molecular formula is C12H16ClN3O. The molecule has 0 unspecified atom stereocenters. The van der Waals surface area contributed by atoms with E-state index in [-0.39, 0.29) is 5.91 Å². The normalized spacial score (nSPS) is 15.0. The van der Waals surface area contributed by atoms with Crippen LogP contribution in [0, 0.1) is 0 Å². The molecule has 92 valence electrons. The van der Waals surface area contributed by atoms with E-state index in [1.165, 1.54) is 12.8 Å². The number of nitrogens with zero attached hydrogens (tertiary/aromatic N) is 1. The van der Waals surface area contributed by atoms with E-state index in [2.05, 4.69) is 10.2 Å². The standard InChI is InChI=1S/C12H16ClN3O/c1-16(9-3-4-9)7-12(17)15-11-6-8(14)2-5-10(11)13/h2,5-6,9H,3-4,7,14H2,1H3,(H,15,17). The molecular weight excluding hydrogens is 238 g/mol. The number of nitrogen functional groups attached to an aromatic ring is 1. The molecule has 1 aliphatic carbocycles. The molecule has 4 nitrogen and oxygen atoms in total. The highest BCUT2D eigenvalue weighted by Gasteiger charge is 2.27. The molecule has 1 amide bonds. The highest BCUT2D eigenvalue weighted by Crippen LogP contribution is 2.26. The van der Waals surface area contributed by atoms with E-state index < -0.39 is 0 Å². The Balaban J connectivity index is 1.94. The van der Waals surface area contributed by atoms with Gasteiger partial charge in [0.1, 0.15) is 0 Å². The highest BCUT2D eigenvalue weighted by molar-refractivity contribution is 6.33. The summed E-state index contributed by atoms with van der Waals surface area (Å²) in [5.74, 6) is -0.0631. The van der Waals surface area contributed by atoms with Crippen LogP contribution in [0.15, 0.2) is 18.2 Å². The molecule has 0 bridgehead atoms. The lowest BCUT2D eigenvalue weighted by Gasteiger charge is -2.15. The van der Waals surface area contributed by atoms with Gasteiger partial charge in [-0.1, -0.05) is 11.6 Å². The van der Waals surface area contributed by atoms with E-state index in [9.17, 15) is 4.79 Å². The quantitative estimate of drug-likeness (QED) is 0.807. The maximum atomic E-state index is 11.8. The molecule has 1 aliphatic rings. The Morgan fingerprint density at radius 1 is 1.59 bits per heavy atom. The monoisotopic (exact) mass is 253 g/mol. The van der Waals surface area contributed by atoms with Gasteiger partial charge in [0, 0.05) is 11.7 Å². The largest absolute Gasteiger partial charge is 0.399 e. The Morgan fingerprint density at radius 2 is 2.29 bits per heavy atom. The molecule has 1 saturated carbocycles. The third-order valence-corrected chi connectivity index (χ3v) is 3.16. The minimum absolute atomic E-state index is 0.0631. The summed E-state index contributed by atoms with van der Waals surface area (Å²) in [4.78, 5) is 13.8. The first kappa shape index (κ1) is 12.2. The predicted octanol–water partition coefficient (Wildman–Crippen LogP) is 1.95. The zero-order chi connectivity index (χ0) is 12.4. The summed E-state index contributed by atoms with van der Waals surface area (Å²) < 4.78 is 0. The second-order valence-electron chi connectivity index (χ2n) is 4.43. The van der Waals surface area contributed by atoms with Crippen LogP contribution in [-0.4, -0.2) is 30.4 Å². The number of carbonyl (C=O) groups excluding carboxylic acids is 1. The molecule has 0 atom stereocenters. The Morgan fingerprint density at radius 3 is 2.94 bits per heavy atom. The number of hydrogen-bond donors (Lipinski definition) is 2. The molecule has 0 heterocycles. The Bertz CT molecular complexity index is 432. The van der Waals surface area contributed by atoms with Crippen molar-refractivity contribution in [1.29, 1.82) is 0 Å². The first-order chi connectivity index (χ1) is 8.06. The fourth-order valence-corrected chi connectivity index (χ4v) is 1.86. The number of hydrogen-bond acceptors (Lipinski definition) is 3. The molecule has 2 rings (SSSR count). The number of nitrogens with two attached hydrogens (primary N) is 1. The van der Waals surface area contributed by atoms with Gasteiger partial charge in [-0.25, -0.2) is 0 Å². The minimum atomic E-state index is -0.0631. The fourth-order valence-electron chi connectivity index (χ4n) is 1.70. The lowest BCUT2D eigenvalue weighted by Crippen LogP contribution is -2.31. The van der Waals surface area contributed by atoms with Crippen molar-refractivity contribution in [3.05, 3.63) is 23.2 Å². The molecule has 1 aromatic rings. The molecule has 0 spiro atoms. The first-order valence-electron chi connectivity index (χ1n) is 5.61. The Hall–Kier alpha value is -1.26. The number of nitrogens with one attached hydrogen (secondary N) is 1. The van der Waals surface area contributed by atoms with Crippen molar-refractivity contribution >= 4 is 28.9 Å². The van der Waals surface area contributed by atoms with Crippen molar-refractivity contribution in [3.63, 3.8) is 0 Å². The van der Waals surface area contributed by atoms with E-state index in [0.29, 0.717) is 29.0 Å². The molecule has 5 heteroatoms. The van der Waals surface area contributed by atoms with Crippen LogP contribution in [0.25, 0.3) is 0 Å². The molecule has 0 aromatic heterocycles. The van der Waals surface area contributed by atoms with Crippen LogP contribution in [0.5, 0.6) is 0 Å². The summed E-state index contributed by atoms with van der Waals surface area (Å²) in [7, 11) is 1.96. The molecule has 0 saturated heterocycles. The molecule has 1 aromatic carbocycles. The van der Waals surface area contributed by atoms with Crippen LogP contribution < -0.4 is 11.1 Å². The number of halogens is 1. The number of rotatable bonds is 4. The summed E-state index contributed by atoms with van der Waals surface area (Å²) in [6, 6.07) is 5.61. The second kappa shape index (κ2) is 4.94. The first-order valence-corrected chi connectivity index (χ1v) is 5.99. The smallest absolute Gasteiger partial charge is 0.238 e. The van der Waals surface area contributed by atoms with E-state index in [1.54, 1.807) is 18.2 Å². The molecule has 0 radical (unpaired) electrons. The van der Waals surface area contributed by atoms with Gasteiger partial charge in [0.25, 0.3) is 0 Å². The van der Waals surface area contributed by atoms with Crippen LogP contribution in [-0.2, 0) is 4.79 Å². The van der Waals surface area contributed by atoms with Crippen molar-refractivity contribution in [2.75, 3.05) is 24.6 Å². The van der Waals surface area contributed by atoms with Crippen molar-refractivity contribution < 1.29 is 4.79 Å². The van der Waals surface area contributed by atoms with Crippen LogP contribution in [0.3, 0.4) is 0 Å². The Kier molecular flexibility index (Phi) is 3.54. The summed E-state index contributed by atoms with van der Waals surface area (Å²) in [6.07, 6.45) is 2.37. The van der Waals surface area contributed by atoms with Gasteiger partial charge in [-0.3, -0.25) is 9.69 Å².